The maximum absolute atomic E-state index is 13.0. The average Bonchev–Trinajstić information content (AvgIpc) is 3.67. The lowest BCUT2D eigenvalue weighted by Gasteiger charge is -2.43. The van der Waals surface area contributed by atoms with Crippen molar-refractivity contribution < 1.29 is 9.90 Å². The molecular weight excluding hydrogens is 466 g/mol. The Hall–Kier alpha value is -3.43. The number of dihydropyridines is 1. The molecule has 6 N–H and O–H groups in total. The van der Waals surface area contributed by atoms with Crippen molar-refractivity contribution in [2.24, 2.45) is 5.41 Å². The number of hydrogen-bond acceptors (Lipinski definition) is 8. The normalized spacial score (nSPS) is 19.4. The highest BCUT2D eigenvalue weighted by molar-refractivity contribution is 5.99. The number of rotatable bonds is 8. The van der Waals surface area contributed by atoms with E-state index < -0.39 is 11.0 Å². The lowest BCUT2D eigenvalue weighted by molar-refractivity contribution is -0.0453. The van der Waals surface area contributed by atoms with Crippen LogP contribution in [0.4, 0.5) is 17.5 Å². The predicted molar refractivity (Wildman–Crippen MR) is 146 cm³/mol. The molecule has 3 heterocycles. The van der Waals surface area contributed by atoms with Gasteiger partial charge in [0.25, 0.3) is 5.91 Å². The number of benzene rings is 1. The van der Waals surface area contributed by atoms with Crippen LogP contribution in [-0.2, 0) is 13.0 Å². The fourth-order valence-electron chi connectivity index (χ4n) is 4.42. The molecule has 1 amide bonds. The second kappa shape index (κ2) is 9.79. The summed E-state index contributed by atoms with van der Waals surface area (Å²) in [5.41, 5.74) is 3.31. The molecule has 37 heavy (non-hydrogen) atoms. The van der Waals surface area contributed by atoms with E-state index in [0.717, 1.165) is 43.7 Å². The lowest BCUT2D eigenvalue weighted by Crippen LogP contribution is -2.52. The number of hydrogen-bond donors (Lipinski definition) is 6. The van der Waals surface area contributed by atoms with E-state index in [9.17, 15) is 9.90 Å². The molecule has 0 saturated heterocycles. The summed E-state index contributed by atoms with van der Waals surface area (Å²) < 4.78 is 0. The summed E-state index contributed by atoms with van der Waals surface area (Å²) in [4.78, 5) is 22.2. The van der Waals surface area contributed by atoms with Crippen molar-refractivity contribution in [3.63, 3.8) is 0 Å². The highest BCUT2D eigenvalue weighted by Crippen LogP contribution is 2.36. The van der Waals surface area contributed by atoms with Gasteiger partial charge >= 0.3 is 0 Å². The minimum absolute atomic E-state index is 0.132. The first kappa shape index (κ1) is 25.2. The van der Waals surface area contributed by atoms with E-state index in [1.165, 1.54) is 11.1 Å². The first-order valence-corrected chi connectivity index (χ1v) is 13.0. The average molecular weight is 504 g/mol. The first-order valence-electron chi connectivity index (χ1n) is 13.0. The molecule has 1 aromatic heterocycles. The summed E-state index contributed by atoms with van der Waals surface area (Å²) in [6.07, 6.45) is 10.3. The largest absolute Gasteiger partial charge is 0.390 e. The number of anilines is 3. The Labute approximate surface area is 218 Å². The summed E-state index contributed by atoms with van der Waals surface area (Å²) in [6, 6.07) is 6.39. The van der Waals surface area contributed by atoms with Crippen LogP contribution in [0.1, 0.15) is 62.0 Å². The van der Waals surface area contributed by atoms with Crippen LogP contribution in [0.15, 0.2) is 48.4 Å². The number of aromatic nitrogens is 2. The highest BCUT2D eigenvalue weighted by atomic mass is 16.3. The molecule has 1 atom stereocenters. The van der Waals surface area contributed by atoms with E-state index in [0.29, 0.717) is 17.3 Å². The van der Waals surface area contributed by atoms with Crippen molar-refractivity contribution >= 4 is 23.4 Å². The first-order chi connectivity index (χ1) is 17.6. The minimum Gasteiger partial charge on any atom is -0.390 e. The third-order valence-corrected chi connectivity index (χ3v) is 7.80. The summed E-state index contributed by atoms with van der Waals surface area (Å²) >= 11 is 0. The Balaban J connectivity index is 1.42. The van der Waals surface area contributed by atoms with Gasteiger partial charge in [-0.2, -0.15) is 4.98 Å². The summed E-state index contributed by atoms with van der Waals surface area (Å²) in [6.45, 7) is 9.51. The second-order valence-electron chi connectivity index (χ2n) is 11.2. The van der Waals surface area contributed by atoms with Crippen molar-refractivity contribution in [3.8, 4) is 0 Å². The zero-order chi connectivity index (χ0) is 26.2. The van der Waals surface area contributed by atoms with Gasteiger partial charge in [0.15, 0.2) is 0 Å². The SMILES string of the molecule is CC(C)(O)C(C)(C)C1C=C(Nc2nc(Nc3ccc4c(c3)CNCC4)ncc2C(=O)NC2CC2)C=CN1. The van der Waals surface area contributed by atoms with Crippen LogP contribution in [0.3, 0.4) is 0 Å². The van der Waals surface area contributed by atoms with Gasteiger partial charge in [0.1, 0.15) is 11.4 Å². The van der Waals surface area contributed by atoms with Gasteiger partial charge in [0, 0.05) is 35.6 Å². The molecule has 1 aliphatic carbocycles. The van der Waals surface area contributed by atoms with Gasteiger partial charge in [-0.1, -0.05) is 19.9 Å². The summed E-state index contributed by atoms with van der Waals surface area (Å²) in [5, 5.41) is 27.1. The molecule has 1 saturated carbocycles. The fraction of sp³-hybridized carbons (Fsp3) is 0.464. The second-order valence-corrected chi connectivity index (χ2v) is 11.2. The maximum Gasteiger partial charge on any atom is 0.256 e. The highest BCUT2D eigenvalue weighted by Gasteiger charge is 2.41. The van der Waals surface area contributed by atoms with Gasteiger partial charge in [0.05, 0.1) is 11.6 Å². The number of nitrogens with zero attached hydrogens (tertiary/aromatic N) is 2. The predicted octanol–water partition coefficient (Wildman–Crippen LogP) is 3.34. The third kappa shape index (κ3) is 5.62. The molecule has 1 unspecified atom stereocenters. The van der Waals surface area contributed by atoms with E-state index in [1.54, 1.807) is 6.20 Å². The number of carbonyl (C=O) groups is 1. The van der Waals surface area contributed by atoms with E-state index in [-0.39, 0.29) is 18.0 Å². The standard InChI is InChI=1S/C28H37N7O2/c1-27(2,28(3,4)37)23-14-21(10-12-30-23)32-24-22(25(36)33-19-7-8-19)16-31-26(35-24)34-20-6-5-17-9-11-29-15-18(17)13-20/h5-6,10,12-14,16,19,23,29-30,37H,7-9,11,15H2,1-4H3,(H,33,36)(H2,31,32,34,35). The summed E-state index contributed by atoms with van der Waals surface area (Å²) in [5.74, 6) is 0.636. The van der Waals surface area contributed by atoms with E-state index in [4.69, 9.17) is 4.98 Å². The smallest absolute Gasteiger partial charge is 0.256 e. The molecule has 0 bridgehead atoms. The molecule has 1 aromatic carbocycles. The maximum atomic E-state index is 13.0. The van der Waals surface area contributed by atoms with E-state index in [2.05, 4.69) is 43.7 Å². The number of fused-ring (bicyclic) bond motifs is 1. The van der Waals surface area contributed by atoms with E-state index in [1.807, 2.05) is 52.1 Å². The van der Waals surface area contributed by atoms with Crippen LogP contribution < -0.4 is 26.6 Å². The van der Waals surface area contributed by atoms with Gasteiger partial charge in [-0.3, -0.25) is 4.79 Å². The molecule has 2 aromatic rings. The van der Waals surface area contributed by atoms with Crippen LogP contribution in [0.25, 0.3) is 0 Å². The fourth-order valence-corrected chi connectivity index (χ4v) is 4.42. The molecule has 196 valence electrons. The Morgan fingerprint density at radius 2 is 1.95 bits per heavy atom. The number of amides is 1. The van der Waals surface area contributed by atoms with Crippen molar-refractivity contribution in [2.45, 2.75) is 71.2 Å². The number of nitrogens with one attached hydrogen (secondary N) is 5. The number of aliphatic hydroxyl groups is 1. The van der Waals surface area contributed by atoms with Gasteiger partial charge in [0.2, 0.25) is 5.95 Å². The summed E-state index contributed by atoms with van der Waals surface area (Å²) in [7, 11) is 0. The Kier molecular flexibility index (Phi) is 6.68. The molecule has 1 fully saturated rings. The molecular formula is C28H37N7O2. The zero-order valence-corrected chi connectivity index (χ0v) is 22.0. The van der Waals surface area contributed by atoms with Crippen LogP contribution in [0, 0.1) is 5.41 Å². The molecule has 2 aliphatic heterocycles. The van der Waals surface area contributed by atoms with Gasteiger partial charge in [-0.25, -0.2) is 4.98 Å². The van der Waals surface area contributed by atoms with Crippen LogP contribution >= 0.6 is 0 Å². The Bertz CT molecular complexity index is 1240. The molecule has 0 spiro atoms. The molecule has 3 aliphatic rings. The monoisotopic (exact) mass is 503 g/mol. The molecule has 9 heteroatoms. The van der Waals surface area contributed by atoms with Crippen LogP contribution in [-0.4, -0.2) is 45.2 Å². The lowest BCUT2D eigenvalue weighted by atomic mass is 9.71. The number of allylic oxidation sites excluding steroid dienone is 1. The molecule has 5 rings (SSSR count). The topological polar surface area (TPSA) is 123 Å². The third-order valence-electron chi connectivity index (χ3n) is 7.80. The Morgan fingerprint density at radius 1 is 1.14 bits per heavy atom. The number of carbonyl (C=O) groups excluding carboxylic acids is 1. The Morgan fingerprint density at radius 3 is 2.70 bits per heavy atom. The van der Waals surface area contributed by atoms with E-state index >= 15 is 0 Å². The van der Waals surface area contributed by atoms with Crippen LogP contribution in [0.5, 0.6) is 0 Å². The zero-order valence-electron chi connectivity index (χ0n) is 22.0. The van der Waals surface area contributed by atoms with Gasteiger partial charge < -0.3 is 31.7 Å². The van der Waals surface area contributed by atoms with Crippen molar-refractivity contribution in [1.82, 2.24) is 25.9 Å². The van der Waals surface area contributed by atoms with Crippen molar-refractivity contribution in [3.05, 3.63) is 65.1 Å². The molecule has 9 nitrogen and oxygen atoms in total. The quantitative estimate of drug-likeness (QED) is 0.324. The molecule has 0 radical (unpaired) electrons. The van der Waals surface area contributed by atoms with Crippen molar-refractivity contribution in [1.29, 1.82) is 0 Å². The minimum atomic E-state index is -0.914. The van der Waals surface area contributed by atoms with Crippen molar-refractivity contribution in [2.75, 3.05) is 17.2 Å². The van der Waals surface area contributed by atoms with Gasteiger partial charge in [-0.15, -0.1) is 0 Å². The van der Waals surface area contributed by atoms with Crippen LogP contribution in [0.2, 0.25) is 0 Å². The van der Waals surface area contributed by atoms with Gasteiger partial charge in [-0.05, 0) is 81.3 Å².